The van der Waals surface area contributed by atoms with Crippen molar-refractivity contribution in [3.8, 4) is 0 Å². The van der Waals surface area contributed by atoms with E-state index in [1.807, 2.05) is 0 Å². The number of rotatable bonds is 5. The smallest absolute Gasteiger partial charge is 0.0613 e. The van der Waals surface area contributed by atoms with Gasteiger partial charge in [0, 0.05) is 19.2 Å². The Balaban J connectivity index is 2.61. The molecule has 0 aliphatic heterocycles. The monoisotopic (exact) mass is 207 g/mol. The third-order valence-corrected chi connectivity index (χ3v) is 2.61. The van der Waals surface area contributed by atoms with E-state index in [9.17, 15) is 0 Å². The average Bonchev–Trinajstić information content (AvgIpc) is 2.18. The first kappa shape index (κ1) is 12.2. The molecule has 0 aliphatic carbocycles. The molecule has 2 nitrogen and oxygen atoms in total. The lowest BCUT2D eigenvalue weighted by Crippen LogP contribution is -2.32. The number of methoxy groups -OCH3 is 1. The van der Waals surface area contributed by atoms with E-state index in [4.69, 9.17) is 4.74 Å². The molecule has 1 aromatic carbocycles. The molecule has 1 N–H and O–H groups in total. The van der Waals surface area contributed by atoms with Crippen LogP contribution in [-0.2, 0) is 4.74 Å². The Hall–Kier alpha value is -0.860. The molecular formula is C13H21NO. The van der Waals surface area contributed by atoms with Crippen LogP contribution in [-0.4, -0.2) is 19.8 Å². The molecular weight excluding hydrogens is 186 g/mol. The van der Waals surface area contributed by atoms with Crippen LogP contribution >= 0.6 is 0 Å². The van der Waals surface area contributed by atoms with Crippen LogP contribution in [0.25, 0.3) is 0 Å². The maximum absolute atomic E-state index is 5.11. The van der Waals surface area contributed by atoms with Gasteiger partial charge in [-0.05, 0) is 31.9 Å². The highest BCUT2D eigenvalue weighted by Crippen LogP contribution is 2.16. The Morgan fingerprint density at radius 3 is 2.53 bits per heavy atom. The molecule has 0 unspecified atom stereocenters. The molecule has 0 radical (unpaired) electrons. The first-order valence-electron chi connectivity index (χ1n) is 5.45. The predicted octanol–water partition coefficient (Wildman–Crippen LogP) is 2.68. The van der Waals surface area contributed by atoms with Crippen LogP contribution in [0.1, 0.15) is 31.0 Å². The molecule has 2 heteroatoms. The van der Waals surface area contributed by atoms with E-state index in [-0.39, 0.29) is 0 Å². The van der Waals surface area contributed by atoms with Crippen molar-refractivity contribution in [2.45, 2.75) is 32.9 Å². The van der Waals surface area contributed by atoms with Gasteiger partial charge in [0.1, 0.15) is 0 Å². The molecule has 0 saturated carbocycles. The fraction of sp³-hybridized carbons (Fsp3) is 0.538. The highest BCUT2D eigenvalue weighted by Gasteiger charge is 2.10. The van der Waals surface area contributed by atoms with Gasteiger partial charge in [-0.1, -0.05) is 24.3 Å². The highest BCUT2D eigenvalue weighted by molar-refractivity contribution is 5.28. The van der Waals surface area contributed by atoms with Crippen LogP contribution in [0, 0.1) is 6.92 Å². The summed E-state index contributed by atoms with van der Waals surface area (Å²) in [6.07, 6.45) is 0. The Morgan fingerprint density at radius 1 is 1.27 bits per heavy atom. The summed E-state index contributed by atoms with van der Waals surface area (Å²) in [5.41, 5.74) is 2.70. The van der Waals surface area contributed by atoms with Gasteiger partial charge in [0.2, 0.25) is 0 Å². The maximum Gasteiger partial charge on any atom is 0.0613 e. The van der Waals surface area contributed by atoms with Gasteiger partial charge in [-0.25, -0.2) is 0 Å². The number of ether oxygens (including phenoxy) is 1. The van der Waals surface area contributed by atoms with E-state index in [0.29, 0.717) is 12.1 Å². The lowest BCUT2D eigenvalue weighted by Gasteiger charge is -2.21. The quantitative estimate of drug-likeness (QED) is 0.801. The minimum absolute atomic E-state index is 0.372. The van der Waals surface area contributed by atoms with Crippen molar-refractivity contribution in [3.05, 3.63) is 35.4 Å². The molecule has 0 spiro atoms. The first-order valence-corrected chi connectivity index (χ1v) is 5.45. The van der Waals surface area contributed by atoms with Gasteiger partial charge in [0.05, 0.1) is 6.61 Å². The molecule has 1 aromatic rings. The van der Waals surface area contributed by atoms with E-state index >= 15 is 0 Å². The standard InChI is InChI=1S/C13H21NO/c1-10-7-5-6-8-13(10)12(3)14-11(2)9-15-4/h5-8,11-12,14H,9H2,1-4H3/t11-,12-/m0/s1. The number of hydrogen-bond donors (Lipinski definition) is 1. The van der Waals surface area contributed by atoms with Crippen LogP contribution in [0.4, 0.5) is 0 Å². The van der Waals surface area contributed by atoms with Crippen LogP contribution in [0.15, 0.2) is 24.3 Å². The molecule has 0 saturated heterocycles. The molecule has 0 amide bonds. The highest BCUT2D eigenvalue weighted by atomic mass is 16.5. The Morgan fingerprint density at radius 2 is 1.93 bits per heavy atom. The third-order valence-electron chi connectivity index (χ3n) is 2.61. The lowest BCUT2D eigenvalue weighted by molar-refractivity contribution is 0.167. The summed E-state index contributed by atoms with van der Waals surface area (Å²) in [6.45, 7) is 7.22. The van der Waals surface area contributed by atoms with Gasteiger partial charge in [-0.15, -0.1) is 0 Å². The molecule has 15 heavy (non-hydrogen) atoms. The van der Waals surface area contributed by atoms with Crippen molar-refractivity contribution in [2.75, 3.05) is 13.7 Å². The van der Waals surface area contributed by atoms with Crippen LogP contribution in [0.2, 0.25) is 0 Å². The SMILES string of the molecule is COC[C@H](C)N[C@@H](C)c1ccccc1C. The second-order valence-electron chi connectivity index (χ2n) is 4.10. The molecule has 0 heterocycles. The van der Waals surface area contributed by atoms with Gasteiger partial charge in [0.25, 0.3) is 0 Å². The van der Waals surface area contributed by atoms with Gasteiger partial charge in [-0.2, -0.15) is 0 Å². The zero-order chi connectivity index (χ0) is 11.3. The average molecular weight is 207 g/mol. The molecule has 0 fully saturated rings. The predicted molar refractivity (Wildman–Crippen MR) is 64.1 cm³/mol. The van der Waals surface area contributed by atoms with Crippen molar-refractivity contribution >= 4 is 0 Å². The summed E-state index contributed by atoms with van der Waals surface area (Å²) < 4.78 is 5.11. The van der Waals surface area contributed by atoms with E-state index in [1.54, 1.807) is 7.11 Å². The zero-order valence-corrected chi connectivity index (χ0v) is 10.1. The second kappa shape index (κ2) is 5.89. The van der Waals surface area contributed by atoms with Gasteiger partial charge >= 0.3 is 0 Å². The number of nitrogens with one attached hydrogen (secondary N) is 1. The van der Waals surface area contributed by atoms with Crippen LogP contribution in [0.3, 0.4) is 0 Å². The summed E-state index contributed by atoms with van der Waals surface area (Å²) in [5, 5.41) is 3.51. The van der Waals surface area contributed by atoms with Crippen molar-refractivity contribution in [1.82, 2.24) is 5.32 Å². The lowest BCUT2D eigenvalue weighted by atomic mass is 10.0. The molecule has 0 bridgehead atoms. The Kier molecular flexibility index (Phi) is 4.79. The number of benzene rings is 1. The van der Waals surface area contributed by atoms with Crippen molar-refractivity contribution in [2.24, 2.45) is 0 Å². The van der Waals surface area contributed by atoms with Crippen molar-refractivity contribution in [3.63, 3.8) is 0 Å². The van der Waals surface area contributed by atoms with E-state index in [0.717, 1.165) is 6.61 Å². The minimum Gasteiger partial charge on any atom is -0.383 e. The summed E-state index contributed by atoms with van der Waals surface area (Å²) in [4.78, 5) is 0. The summed E-state index contributed by atoms with van der Waals surface area (Å²) in [6, 6.07) is 9.23. The first-order chi connectivity index (χ1) is 7.15. The van der Waals surface area contributed by atoms with Gasteiger partial charge in [0.15, 0.2) is 0 Å². The topological polar surface area (TPSA) is 21.3 Å². The summed E-state index contributed by atoms with van der Waals surface area (Å²) in [5.74, 6) is 0. The maximum atomic E-state index is 5.11. The molecule has 1 rings (SSSR count). The third kappa shape index (κ3) is 3.65. The molecule has 84 valence electrons. The zero-order valence-electron chi connectivity index (χ0n) is 10.1. The fourth-order valence-electron chi connectivity index (χ4n) is 1.89. The number of hydrogen-bond acceptors (Lipinski definition) is 2. The number of aryl methyl sites for hydroxylation is 1. The molecule has 2 atom stereocenters. The normalized spacial score (nSPS) is 14.9. The van der Waals surface area contributed by atoms with Crippen molar-refractivity contribution < 1.29 is 4.74 Å². The summed E-state index contributed by atoms with van der Waals surface area (Å²) in [7, 11) is 1.73. The largest absolute Gasteiger partial charge is 0.383 e. The van der Waals surface area contributed by atoms with Gasteiger partial charge in [-0.3, -0.25) is 0 Å². The summed E-state index contributed by atoms with van der Waals surface area (Å²) >= 11 is 0. The van der Waals surface area contributed by atoms with E-state index < -0.39 is 0 Å². The van der Waals surface area contributed by atoms with Crippen molar-refractivity contribution in [1.29, 1.82) is 0 Å². The molecule has 0 aromatic heterocycles. The molecule has 0 aliphatic rings. The minimum atomic E-state index is 0.372. The van der Waals surface area contributed by atoms with E-state index in [1.165, 1.54) is 11.1 Å². The van der Waals surface area contributed by atoms with E-state index in [2.05, 4.69) is 50.4 Å². The van der Waals surface area contributed by atoms with Crippen LogP contribution in [0.5, 0.6) is 0 Å². The fourth-order valence-corrected chi connectivity index (χ4v) is 1.89. The Labute approximate surface area is 92.6 Å². The van der Waals surface area contributed by atoms with Crippen LogP contribution < -0.4 is 5.32 Å². The second-order valence-corrected chi connectivity index (χ2v) is 4.10. The Bertz CT molecular complexity index is 298. The van der Waals surface area contributed by atoms with Gasteiger partial charge < -0.3 is 10.1 Å².